The number of nitrogens with zero attached hydrogens (tertiary/aromatic N) is 3. The second-order valence-corrected chi connectivity index (χ2v) is 7.99. The lowest BCUT2D eigenvalue weighted by molar-refractivity contribution is -0.118. The molecule has 0 aliphatic carbocycles. The van der Waals surface area contributed by atoms with E-state index in [0.717, 1.165) is 42.0 Å². The molecule has 0 aliphatic rings. The molecule has 0 saturated carbocycles. The minimum Gasteiger partial charge on any atom is -0.402 e. The molecule has 1 unspecified atom stereocenters. The molecule has 10 heteroatoms. The van der Waals surface area contributed by atoms with E-state index in [9.17, 15) is 4.79 Å². The van der Waals surface area contributed by atoms with Crippen LogP contribution >= 0.6 is 11.3 Å². The summed E-state index contributed by atoms with van der Waals surface area (Å²) in [6.45, 7) is 0.475. The first-order valence-electron chi connectivity index (χ1n) is 10.1. The number of allylic oxidation sites excluding steroid dienone is 3. The van der Waals surface area contributed by atoms with E-state index in [1.807, 2.05) is 18.2 Å². The number of aryl methyl sites for hydroxylation is 1. The van der Waals surface area contributed by atoms with E-state index in [2.05, 4.69) is 25.8 Å². The number of nitrogens with one attached hydrogen (secondary N) is 2. The number of unbranched alkanes of at least 4 members (excludes halogenated alkanes) is 1. The van der Waals surface area contributed by atoms with Crippen LogP contribution in [-0.2, 0) is 16.0 Å². The van der Waals surface area contributed by atoms with E-state index in [1.165, 1.54) is 11.3 Å². The largest absolute Gasteiger partial charge is 0.402 e. The van der Waals surface area contributed by atoms with Crippen molar-refractivity contribution in [1.82, 2.24) is 20.5 Å². The molecule has 0 spiro atoms. The van der Waals surface area contributed by atoms with Crippen molar-refractivity contribution in [1.29, 1.82) is 0 Å². The van der Waals surface area contributed by atoms with Crippen LogP contribution in [0, 0.1) is 0 Å². The van der Waals surface area contributed by atoms with Gasteiger partial charge < -0.3 is 21.5 Å². The average Bonchev–Trinajstić information content (AvgIpc) is 3.23. The highest BCUT2D eigenvalue weighted by atomic mass is 32.1. The van der Waals surface area contributed by atoms with Crippen LogP contribution in [0.1, 0.15) is 42.2 Å². The lowest BCUT2D eigenvalue weighted by atomic mass is 9.97. The fraction of sp³-hybridized carbons (Fsp3) is 0.429. The molecule has 0 bridgehead atoms. The number of amides is 1. The molecule has 2 aromatic rings. The van der Waals surface area contributed by atoms with Crippen LogP contribution in [0.15, 0.2) is 48.2 Å². The molecular formula is C21H31N7O2S. The summed E-state index contributed by atoms with van der Waals surface area (Å²) in [7, 11) is 3.38. The van der Waals surface area contributed by atoms with Gasteiger partial charge in [0.1, 0.15) is 5.01 Å². The van der Waals surface area contributed by atoms with Crippen LogP contribution in [0.3, 0.4) is 0 Å². The molecule has 1 atom stereocenters. The third-order valence-electron chi connectivity index (χ3n) is 4.58. The Hall–Kier alpha value is -2.98. The fourth-order valence-corrected chi connectivity index (χ4v) is 3.62. The fourth-order valence-electron chi connectivity index (χ4n) is 2.83. The smallest absolute Gasteiger partial charge is 0.233 e. The van der Waals surface area contributed by atoms with Crippen LogP contribution in [0.4, 0.5) is 5.13 Å². The average molecular weight is 446 g/mol. The Labute approximate surface area is 187 Å². The molecule has 2 aromatic heterocycles. The summed E-state index contributed by atoms with van der Waals surface area (Å²) in [6, 6.07) is 3.71. The summed E-state index contributed by atoms with van der Waals surface area (Å²) in [5, 5.41) is 15.4. The Bertz CT molecular complexity index is 868. The number of aromatic nitrogens is 3. The maximum atomic E-state index is 12.8. The van der Waals surface area contributed by atoms with Crippen molar-refractivity contribution in [3.63, 3.8) is 0 Å². The van der Waals surface area contributed by atoms with Gasteiger partial charge in [0.2, 0.25) is 11.0 Å². The molecule has 168 valence electrons. The minimum absolute atomic E-state index is 0.139. The molecule has 6 N–H and O–H groups in total. The van der Waals surface area contributed by atoms with Crippen molar-refractivity contribution in [2.24, 2.45) is 11.5 Å². The molecular weight excluding hydrogens is 414 g/mol. The standard InChI is InChI=1S/C21H31N7O2S/c1-24-18(23)10-9-16(22)7-3-4-8-19-27-28-21(31-19)26-20(29)17(11-13-30-2)15-6-5-12-25-14-15/h5-6,9-10,12,14,17,24H,3-4,7-8,11,13,22-23H2,1-2H3,(H,26,28,29)/b16-9-,18-10+. The number of hydrogen-bond acceptors (Lipinski definition) is 9. The Balaban J connectivity index is 1.84. The highest BCUT2D eigenvalue weighted by molar-refractivity contribution is 7.15. The van der Waals surface area contributed by atoms with Crippen molar-refractivity contribution in [3.05, 3.63) is 58.8 Å². The highest BCUT2D eigenvalue weighted by Gasteiger charge is 2.22. The van der Waals surface area contributed by atoms with E-state index in [4.69, 9.17) is 16.2 Å². The maximum Gasteiger partial charge on any atom is 0.233 e. The van der Waals surface area contributed by atoms with Crippen molar-refractivity contribution >= 4 is 22.4 Å². The van der Waals surface area contributed by atoms with Crippen LogP contribution in [-0.4, -0.2) is 41.9 Å². The van der Waals surface area contributed by atoms with Gasteiger partial charge in [0.15, 0.2) is 0 Å². The molecule has 1 amide bonds. The maximum absolute atomic E-state index is 12.8. The van der Waals surface area contributed by atoms with Gasteiger partial charge in [0, 0.05) is 45.3 Å². The molecule has 0 radical (unpaired) electrons. The van der Waals surface area contributed by atoms with Crippen LogP contribution < -0.4 is 22.1 Å². The number of methoxy groups -OCH3 is 1. The lowest BCUT2D eigenvalue weighted by Gasteiger charge is -2.15. The van der Waals surface area contributed by atoms with Crippen LogP contribution in [0.2, 0.25) is 0 Å². The summed E-state index contributed by atoms with van der Waals surface area (Å²) in [5.41, 5.74) is 13.3. The van der Waals surface area contributed by atoms with E-state index >= 15 is 0 Å². The quantitative estimate of drug-likeness (QED) is 0.272. The number of rotatable bonds is 13. The number of carbonyl (C=O) groups is 1. The number of anilines is 1. The summed E-state index contributed by atoms with van der Waals surface area (Å²) < 4.78 is 5.15. The molecule has 31 heavy (non-hydrogen) atoms. The SMILES string of the molecule is CN/C(N)=C/C=C(\N)CCCCc1nnc(NC(=O)C(CCOC)c2cccnc2)s1. The first-order chi connectivity index (χ1) is 15.0. The summed E-state index contributed by atoms with van der Waals surface area (Å²) in [4.78, 5) is 16.9. The molecule has 2 heterocycles. The van der Waals surface area contributed by atoms with E-state index in [1.54, 1.807) is 32.6 Å². The third-order valence-corrected chi connectivity index (χ3v) is 5.48. The van der Waals surface area contributed by atoms with Gasteiger partial charge in [-0.2, -0.15) is 0 Å². The van der Waals surface area contributed by atoms with E-state index in [-0.39, 0.29) is 11.8 Å². The van der Waals surface area contributed by atoms with Gasteiger partial charge in [-0.25, -0.2) is 0 Å². The number of carbonyl (C=O) groups excluding carboxylic acids is 1. The zero-order valence-corrected chi connectivity index (χ0v) is 18.8. The van der Waals surface area contributed by atoms with Gasteiger partial charge in [-0.05, 0) is 49.5 Å². The molecule has 0 aromatic carbocycles. The van der Waals surface area contributed by atoms with Crippen molar-refractivity contribution in [2.45, 2.75) is 38.0 Å². The Morgan fingerprint density at radius 2 is 2.13 bits per heavy atom. The number of nitrogens with two attached hydrogens (primary N) is 2. The molecule has 9 nitrogen and oxygen atoms in total. The molecule has 0 saturated heterocycles. The Morgan fingerprint density at radius 3 is 2.84 bits per heavy atom. The lowest BCUT2D eigenvalue weighted by Crippen LogP contribution is -2.22. The highest BCUT2D eigenvalue weighted by Crippen LogP contribution is 2.23. The first-order valence-corrected chi connectivity index (χ1v) is 11.0. The van der Waals surface area contributed by atoms with E-state index < -0.39 is 0 Å². The number of ether oxygens (including phenoxy) is 1. The topological polar surface area (TPSA) is 141 Å². The van der Waals surface area contributed by atoms with Gasteiger partial charge in [0.25, 0.3) is 0 Å². The molecule has 0 fully saturated rings. The predicted octanol–water partition coefficient (Wildman–Crippen LogP) is 2.27. The second-order valence-electron chi connectivity index (χ2n) is 6.93. The number of hydrogen-bond donors (Lipinski definition) is 4. The van der Waals surface area contributed by atoms with E-state index in [0.29, 0.717) is 24.0 Å². The monoisotopic (exact) mass is 445 g/mol. The zero-order chi connectivity index (χ0) is 22.5. The van der Waals surface area contributed by atoms with Crippen molar-refractivity contribution in [2.75, 3.05) is 26.1 Å². The Morgan fingerprint density at radius 1 is 1.29 bits per heavy atom. The van der Waals surface area contributed by atoms with Crippen molar-refractivity contribution in [3.8, 4) is 0 Å². The first kappa shape index (κ1) is 24.3. The van der Waals surface area contributed by atoms with Gasteiger partial charge in [-0.15, -0.1) is 10.2 Å². The predicted molar refractivity (Wildman–Crippen MR) is 123 cm³/mol. The van der Waals surface area contributed by atoms with Gasteiger partial charge in [0.05, 0.1) is 11.7 Å². The summed E-state index contributed by atoms with van der Waals surface area (Å²) >= 11 is 1.39. The van der Waals surface area contributed by atoms with Crippen molar-refractivity contribution < 1.29 is 9.53 Å². The normalized spacial score (nSPS) is 13.1. The summed E-state index contributed by atoms with van der Waals surface area (Å²) in [6.07, 6.45) is 10.9. The third kappa shape index (κ3) is 8.73. The van der Waals surface area contributed by atoms with Gasteiger partial charge in [-0.1, -0.05) is 17.4 Å². The Kier molecular flexibility index (Phi) is 10.5. The second kappa shape index (κ2) is 13.3. The zero-order valence-electron chi connectivity index (χ0n) is 18.0. The summed E-state index contributed by atoms with van der Waals surface area (Å²) in [5.74, 6) is 0.0701. The molecule has 2 rings (SSSR count). The molecule has 0 aliphatic heterocycles. The van der Waals surface area contributed by atoms with Gasteiger partial charge in [-0.3, -0.25) is 15.1 Å². The number of pyridine rings is 1. The van der Waals surface area contributed by atoms with Gasteiger partial charge >= 0.3 is 0 Å². The van der Waals surface area contributed by atoms with Crippen LogP contribution in [0.25, 0.3) is 0 Å². The van der Waals surface area contributed by atoms with Crippen LogP contribution in [0.5, 0.6) is 0 Å². The minimum atomic E-state index is -0.359.